The van der Waals surface area contributed by atoms with Gasteiger partial charge in [0, 0.05) is 35.8 Å². The first-order chi connectivity index (χ1) is 11.3. The molecule has 0 radical (unpaired) electrons. The average molecular weight is 315 g/mol. The Hall–Kier alpha value is -2.17. The van der Waals surface area contributed by atoms with Gasteiger partial charge in [-0.05, 0) is 37.0 Å². The van der Waals surface area contributed by atoms with Crippen molar-refractivity contribution in [3.05, 3.63) is 30.0 Å². The van der Waals surface area contributed by atoms with Crippen molar-refractivity contribution in [2.24, 2.45) is 0 Å². The second kappa shape index (κ2) is 7.40. The minimum Gasteiger partial charge on any atom is -0.497 e. The van der Waals surface area contributed by atoms with Crippen LogP contribution >= 0.6 is 0 Å². The lowest BCUT2D eigenvalue weighted by Crippen LogP contribution is -2.43. The van der Waals surface area contributed by atoms with Gasteiger partial charge in [0.2, 0.25) is 0 Å². The first kappa shape index (κ1) is 15.7. The molecule has 0 atom stereocenters. The van der Waals surface area contributed by atoms with Crippen LogP contribution in [0.25, 0.3) is 10.9 Å². The molecule has 1 fully saturated rings. The molecule has 1 aliphatic rings. The van der Waals surface area contributed by atoms with Gasteiger partial charge in [0.25, 0.3) is 0 Å². The molecule has 1 saturated carbocycles. The summed E-state index contributed by atoms with van der Waals surface area (Å²) in [5, 5.41) is 7.22. The SMILES string of the molecule is COc1ccc2c(CCNC(=O)NC3CCCCC3)c[nH]c2c1. The normalized spacial score (nSPS) is 15.5. The first-order valence-electron chi connectivity index (χ1n) is 8.44. The van der Waals surface area contributed by atoms with Crippen LogP contribution in [0.15, 0.2) is 24.4 Å². The van der Waals surface area contributed by atoms with E-state index in [0.29, 0.717) is 12.6 Å². The van der Waals surface area contributed by atoms with Crippen LogP contribution in [-0.2, 0) is 6.42 Å². The predicted octanol–water partition coefficient (Wildman–Crippen LogP) is 3.35. The van der Waals surface area contributed by atoms with Crippen LogP contribution in [0.3, 0.4) is 0 Å². The van der Waals surface area contributed by atoms with Crippen molar-refractivity contribution in [2.75, 3.05) is 13.7 Å². The van der Waals surface area contributed by atoms with E-state index in [-0.39, 0.29) is 6.03 Å². The van der Waals surface area contributed by atoms with Gasteiger partial charge >= 0.3 is 6.03 Å². The van der Waals surface area contributed by atoms with Crippen molar-refractivity contribution in [2.45, 2.75) is 44.6 Å². The largest absolute Gasteiger partial charge is 0.497 e. The molecule has 2 aromatic rings. The van der Waals surface area contributed by atoms with E-state index >= 15 is 0 Å². The molecule has 1 aliphatic carbocycles. The monoisotopic (exact) mass is 315 g/mol. The third-order valence-corrected chi connectivity index (χ3v) is 4.59. The Morgan fingerprint density at radius 1 is 1.30 bits per heavy atom. The number of nitrogens with one attached hydrogen (secondary N) is 3. The lowest BCUT2D eigenvalue weighted by molar-refractivity contribution is 0.233. The van der Waals surface area contributed by atoms with E-state index in [2.05, 4.69) is 21.7 Å². The van der Waals surface area contributed by atoms with E-state index in [4.69, 9.17) is 4.74 Å². The number of methoxy groups -OCH3 is 1. The molecule has 0 aliphatic heterocycles. The second-order valence-corrected chi connectivity index (χ2v) is 6.21. The maximum absolute atomic E-state index is 11.9. The number of urea groups is 1. The van der Waals surface area contributed by atoms with Gasteiger partial charge in [-0.15, -0.1) is 0 Å². The summed E-state index contributed by atoms with van der Waals surface area (Å²) in [6.07, 6.45) is 8.78. The van der Waals surface area contributed by atoms with E-state index < -0.39 is 0 Å². The van der Waals surface area contributed by atoms with E-state index in [0.717, 1.165) is 30.5 Å². The highest BCUT2D eigenvalue weighted by molar-refractivity contribution is 5.84. The van der Waals surface area contributed by atoms with Crippen LogP contribution in [0, 0.1) is 0 Å². The van der Waals surface area contributed by atoms with Gasteiger partial charge in [0.05, 0.1) is 7.11 Å². The summed E-state index contributed by atoms with van der Waals surface area (Å²) < 4.78 is 5.23. The number of aromatic nitrogens is 1. The minimum atomic E-state index is -0.0431. The van der Waals surface area contributed by atoms with Gasteiger partial charge in [-0.1, -0.05) is 19.3 Å². The Bertz CT molecular complexity index is 659. The number of hydrogen-bond acceptors (Lipinski definition) is 2. The minimum absolute atomic E-state index is 0.0431. The lowest BCUT2D eigenvalue weighted by Gasteiger charge is -2.22. The van der Waals surface area contributed by atoms with Crippen LogP contribution in [0.1, 0.15) is 37.7 Å². The molecule has 124 valence electrons. The van der Waals surface area contributed by atoms with Crippen molar-refractivity contribution in [1.82, 2.24) is 15.6 Å². The van der Waals surface area contributed by atoms with Crippen LogP contribution in [0.2, 0.25) is 0 Å². The number of rotatable bonds is 5. The summed E-state index contributed by atoms with van der Waals surface area (Å²) in [5.74, 6) is 0.843. The van der Waals surface area contributed by atoms with E-state index in [9.17, 15) is 4.79 Å². The molecule has 0 spiro atoms. The van der Waals surface area contributed by atoms with Crippen LogP contribution in [0.4, 0.5) is 4.79 Å². The molecule has 0 unspecified atom stereocenters. The number of amides is 2. The third-order valence-electron chi connectivity index (χ3n) is 4.59. The number of benzene rings is 1. The molecule has 1 aromatic carbocycles. The molecule has 0 saturated heterocycles. The van der Waals surface area contributed by atoms with E-state index in [1.165, 1.54) is 30.2 Å². The second-order valence-electron chi connectivity index (χ2n) is 6.21. The molecule has 0 bridgehead atoms. The molecule has 1 heterocycles. The molecule has 3 rings (SSSR count). The number of carbonyl (C=O) groups is 1. The van der Waals surface area contributed by atoms with Gasteiger partial charge in [-0.25, -0.2) is 4.79 Å². The molecule has 5 nitrogen and oxygen atoms in total. The molecular formula is C18H25N3O2. The summed E-state index contributed by atoms with van der Waals surface area (Å²) in [4.78, 5) is 15.2. The van der Waals surface area contributed by atoms with Gasteiger partial charge in [-0.2, -0.15) is 0 Å². The van der Waals surface area contributed by atoms with E-state index in [1.807, 2.05) is 18.3 Å². The number of ether oxygens (including phenoxy) is 1. The first-order valence-corrected chi connectivity index (χ1v) is 8.44. The summed E-state index contributed by atoms with van der Waals surface area (Å²) in [5.41, 5.74) is 2.27. The number of fused-ring (bicyclic) bond motifs is 1. The zero-order valence-corrected chi connectivity index (χ0v) is 13.7. The Labute approximate surface area is 136 Å². The van der Waals surface area contributed by atoms with Gasteiger partial charge in [-0.3, -0.25) is 0 Å². The molecule has 3 N–H and O–H groups in total. The van der Waals surface area contributed by atoms with Crippen molar-refractivity contribution >= 4 is 16.9 Å². The summed E-state index contributed by atoms with van der Waals surface area (Å²) >= 11 is 0. The quantitative estimate of drug-likeness (QED) is 0.792. The number of aromatic amines is 1. The molecule has 5 heteroatoms. The Morgan fingerprint density at radius 3 is 2.91 bits per heavy atom. The van der Waals surface area contributed by atoms with Crippen LogP contribution in [-0.4, -0.2) is 30.7 Å². The maximum Gasteiger partial charge on any atom is 0.315 e. The fourth-order valence-corrected chi connectivity index (χ4v) is 3.29. The number of carbonyl (C=O) groups excluding carboxylic acids is 1. The highest BCUT2D eigenvalue weighted by Gasteiger charge is 2.15. The Kier molecular flexibility index (Phi) is 5.05. The fourth-order valence-electron chi connectivity index (χ4n) is 3.29. The molecule has 23 heavy (non-hydrogen) atoms. The molecule has 2 amide bonds. The van der Waals surface area contributed by atoms with Crippen molar-refractivity contribution in [1.29, 1.82) is 0 Å². The maximum atomic E-state index is 11.9. The smallest absolute Gasteiger partial charge is 0.315 e. The Balaban J connectivity index is 1.49. The summed E-state index contributed by atoms with van der Waals surface area (Å²) in [6.45, 7) is 0.636. The van der Waals surface area contributed by atoms with Crippen LogP contribution < -0.4 is 15.4 Å². The fraction of sp³-hybridized carbons (Fsp3) is 0.500. The van der Waals surface area contributed by atoms with Gasteiger partial charge in [0.1, 0.15) is 5.75 Å². The number of hydrogen-bond donors (Lipinski definition) is 3. The zero-order valence-electron chi connectivity index (χ0n) is 13.7. The molecule has 1 aromatic heterocycles. The number of H-pyrrole nitrogens is 1. The summed E-state index contributed by atoms with van der Waals surface area (Å²) in [7, 11) is 1.67. The predicted molar refractivity (Wildman–Crippen MR) is 92.0 cm³/mol. The summed E-state index contributed by atoms with van der Waals surface area (Å²) in [6, 6.07) is 6.32. The van der Waals surface area contributed by atoms with Gasteiger partial charge in [0.15, 0.2) is 0 Å². The topological polar surface area (TPSA) is 66.2 Å². The van der Waals surface area contributed by atoms with Crippen molar-refractivity contribution < 1.29 is 9.53 Å². The Morgan fingerprint density at radius 2 is 2.13 bits per heavy atom. The van der Waals surface area contributed by atoms with E-state index in [1.54, 1.807) is 7.11 Å². The standard InChI is InChI=1S/C18H25N3O2/c1-23-15-7-8-16-13(12-20-17(16)11-15)9-10-19-18(22)21-14-5-3-2-4-6-14/h7-8,11-12,14,20H,2-6,9-10H2,1H3,(H2,19,21,22). The highest BCUT2D eigenvalue weighted by Crippen LogP contribution is 2.23. The van der Waals surface area contributed by atoms with Crippen molar-refractivity contribution in [3.63, 3.8) is 0 Å². The lowest BCUT2D eigenvalue weighted by atomic mass is 9.96. The third kappa shape index (κ3) is 3.97. The molecular weight excluding hydrogens is 290 g/mol. The van der Waals surface area contributed by atoms with Crippen molar-refractivity contribution in [3.8, 4) is 5.75 Å². The zero-order chi connectivity index (χ0) is 16.1. The van der Waals surface area contributed by atoms with Crippen LogP contribution in [0.5, 0.6) is 5.75 Å². The average Bonchev–Trinajstić information content (AvgIpc) is 2.98. The van der Waals surface area contributed by atoms with Gasteiger partial charge < -0.3 is 20.4 Å². The highest BCUT2D eigenvalue weighted by atomic mass is 16.5.